The molecule has 28 heavy (non-hydrogen) atoms. The Kier molecular flexibility index (Phi) is 5.99. The maximum Gasteiger partial charge on any atom is 0.288 e. The van der Waals surface area contributed by atoms with E-state index in [2.05, 4.69) is 4.98 Å². The summed E-state index contributed by atoms with van der Waals surface area (Å²) in [6.07, 6.45) is 3.15. The maximum atomic E-state index is 13.0. The molecule has 0 saturated carbocycles. The van der Waals surface area contributed by atoms with Gasteiger partial charge < -0.3 is 0 Å². The lowest BCUT2D eigenvalue weighted by atomic mass is 10.3. The van der Waals surface area contributed by atoms with E-state index >= 15 is 0 Å². The Morgan fingerprint density at radius 3 is 2.46 bits per heavy atom. The number of aromatic nitrogens is 2. The van der Waals surface area contributed by atoms with E-state index < -0.39 is 11.3 Å². The van der Waals surface area contributed by atoms with Crippen molar-refractivity contribution in [2.24, 2.45) is 0 Å². The van der Waals surface area contributed by atoms with Crippen molar-refractivity contribution in [3.63, 3.8) is 0 Å². The molecule has 0 saturated heterocycles. The third-order valence-corrected chi connectivity index (χ3v) is 5.36. The van der Waals surface area contributed by atoms with Crippen LogP contribution in [0.25, 0.3) is 17.3 Å². The number of nitrogens with zero attached hydrogens (tertiary/aromatic N) is 4. The molecule has 1 aromatic carbocycles. The Morgan fingerprint density at radius 1 is 1.18 bits per heavy atom. The molecule has 3 rings (SSSR count). The van der Waals surface area contributed by atoms with E-state index in [-0.39, 0.29) is 10.2 Å². The van der Waals surface area contributed by atoms with E-state index in [1.807, 2.05) is 0 Å². The molecular formula is C19H10F2N4OS2. The first kappa shape index (κ1) is 19.5. The van der Waals surface area contributed by atoms with Crippen LogP contribution in [0.5, 0.6) is 0 Å². The molecule has 2 heterocycles. The van der Waals surface area contributed by atoms with Crippen LogP contribution in [0.3, 0.4) is 0 Å². The second-order valence-corrected chi connectivity index (χ2v) is 7.38. The number of pyridine rings is 1. The average Bonchev–Trinajstić information content (AvgIpc) is 3.00. The van der Waals surface area contributed by atoms with Gasteiger partial charge in [0.1, 0.15) is 16.8 Å². The van der Waals surface area contributed by atoms with Gasteiger partial charge in [-0.2, -0.15) is 19.3 Å². The molecule has 138 valence electrons. The smallest absolute Gasteiger partial charge is 0.267 e. The van der Waals surface area contributed by atoms with Gasteiger partial charge in [-0.25, -0.2) is 0 Å². The zero-order valence-corrected chi connectivity index (χ0v) is 15.7. The van der Waals surface area contributed by atoms with E-state index in [9.17, 15) is 24.1 Å². The van der Waals surface area contributed by atoms with Gasteiger partial charge >= 0.3 is 0 Å². The summed E-state index contributed by atoms with van der Waals surface area (Å²) in [4.78, 5) is 17.4. The molecule has 3 aromatic rings. The second-order valence-electron chi connectivity index (χ2n) is 5.28. The number of thiazole rings is 1. The molecule has 0 aliphatic rings. The largest absolute Gasteiger partial charge is 0.288 e. The zero-order valence-electron chi connectivity index (χ0n) is 14.0. The van der Waals surface area contributed by atoms with Crippen molar-refractivity contribution in [2.75, 3.05) is 0 Å². The molecule has 0 N–H and O–H groups in total. The molecule has 0 unspecified atom stereocenters. The van der Waals surface area contributed by atoms with Crippen LogP contribution in [0.1, 0.15) is 5.69 Å². The molecule has 0 aliphatic carbocycles. The standard InChI is InChI=1S/C19H10F2N4OS2/c20-19(21)27-15-6-4-14(5-7-15)25-17(26)16(9-13-3-1-2-8-24-13)28-18(25)12(10-22)11-23/h1-9,19H/b16-9-. The number of rotatable bonds is 4. The predicted octanol–water partition coefficient (Wildman–Crippen LogP) is 2.64. The molecule has 0 bridgehead atoms. The van der Waals surface area contributed by atoms with Crippen LogP contribution in [-0.2, 0) is 0 Å². The third-order valence-electron chi connectivity index (χ3n) is 3.55. The fourth-order valence-corrected chi connectivity index (χ4v) is 3.92. The number of halogens is 2. The topological polar surface area (TPSA) is 82.5 Å². The summed E-state index contributed by atoms with van der Waals surface area (Å²) in [5, 5.41) is 18.5. The Balaban J connectivity index is 2.25. The number of alkyl halides is 2. The van der Waals surface area contributed by atoms with Gasteiger partial charge in [-0.15, -0.1) is 11.3 Å². The fourth-order valence-electron chi connectivity index (χ4n) is 2.38. The van der Waals surface area contributed by atoms with Crippen LogP contribution in [0.15, 0.2) is 58.4 Å². The Bertz CT molecular complexity index is 1230. The first-order valence-corrected chi connectivity index (χ1v) is 9.47. The maximum absolute atomic E-state index is 13.0. The van der Waals surface area contributed by atoms with E-state index in [0.29, 0.717) is 32.6 Å². The fraction of sp³-hybridized carbons (Fsp3) is 0.0526. The summed E-state index contributed by atoms with van der Waals surface area (Å²) >= 11 is 1.39. The minimum absolute atomic E-state index is 0.173. The van der Waals surface area contributed by atoms with Crippen LogP contribution in [0.4, 0.5) is 8.78 Å². The Hall–Kier alpha value is -3.27. The van der Waals surface area contributed by atoms with E-state index in [1.54, 1.807) is 42.6 Å². The van der Waals surface area contributed by atoms with Gasteiger partial charge in [0, 0.05) is 11.1 Å². The molecule has 0 atom stereocenters. The van der Waals surface area contributed by atoms with E-state index in [0.717, 1.165) is 11.3 Å². The van der Waals surface area contributed by atoms with Gasteiger partial charge in [0.15, 0.2) is 5.57 Å². The highest BCUT2D eigenvalue weighted by Crippen LogP contribution is 2.25. The molecule has 0 radical (unpaired) electrons. The summed E-state index contributed by atoms with van der Waals surface area (Å²) in [5.41, 5.74) is 0.286. The van der Waals surface area contributed by atoms with Crippen LogP contribution >= 0.6 is 23.1 Å². The van der Waals surface area contributed by atoms with Crippen molar-refractivity contribution in [3.8, 4) is 17.8 Å². The van der Waals surface area contributed by atoms with E-state index in [1.165, 1.54) is 28.8 Å². The van der Waals surface area contributed by atoms with Crippen LogP contribution in [-0.4, -0.2) is 15.3 Å². The average molecular weight is 412 g/mol. The molecule has 2 aromatic heterocycles. The summed E-state index contributed by atoms with van der Waals surface area (Å²) in [7, 11) is 0. The second kappa shape index (κ2) is 8.61. The van der Waals surface area contributed by atoms with Crippen LogP contribution in [0.2, 0.25) is 0 Å². The quantitative estimate of drug-likeness (QED) is 0.616. The van der Waals surface area contributed by atoms with Crippen molar-refractivity contribution in [1.82, 2.24) is 9.55 Å². The predicted molar refractivity (Wildman–Crippen MR) is 103 cm³/mol. The van der Waals surface area contributed by atoms with Gasteiger partial charge in [0.2, 0.25) is 0 Å². The number of benzene rings is 1. The van der Waals surface area contributed by atoms with Gasteiger partial charge in [0.05, 0.1) is 15.9 Å². The lowest BCUT2D eigenvalue weighted by molar-refractivity contribution is 0.252. The first-order valence-electron chi connectivity index (χ1n) is 7.78. The number of thioether (sulfide) groups is 1. The van der Waals surface area contributed by atoms with Crippen molar-refractivity contribution >= 4 is 34.7 Å². The van der Waals surface area contributed by atoms with Gasteiger partial charge in [-0.1, -0.05) is 17.8 Å². The lowest BCUT2D eigenvalue weighted by Gasteiger charge is -2.04. The number of hydrogen-bond donors (Lipinski definition) is 0. The first-order chi connectivity index (χ1) is 13.5. The number of nitriles is 2. The minimum Gasteiger partial charge on any atom is -0.267 e. The van der Waals surface area contributed by atoms with Crippen molar-refractivity contribution in [3.05, 3.63) is 73.9 Å². The van der Waals surface area contributed by atoms with Crippen molar-refractivity contribution < 1.29 is 8.78 Å². The third kappa shape index (κ3) is 4.17. The summed E-state index contributed by atoms with van der Waals surface area (Å²) in [6, 6.07) is 14.7. The summed E-state index contributed by atoms with van der Waals surface area (Å²) in [6.45, 7) is 0. The van der Waals surface area contributed by atoms with Crippen LogP contribution < -0.4 is 14.8 Å². The SMILES string of the molecule is N#CC(C#N)=c1s/c(=C\c2ccccn2)c(=O)n1-c1ccc(SC(F)F)cc1. The number of hydrogen-bond acceptors (Lipinski definition) is 6. The minimum atomic E-state index is -2.55. The van der Waals surface area contributed by atoms with Crippen LogP contribution in [0, 0.1) is 22.7 Å². The monoisotopic (exact) mass is 412 g/mol. The van der Waals surface area contributed by atoms with Gasteiger partial charge in [0.25, 0.3) is 11.3 Å². The van der Waals surface area contributed by atoms with Crippen molar-refractivity contribution in [2.45, 2.75) is 10.7 Å². The molecule has 0 fully saturated rings. The Labute approximate surface area is 166 Å². The summed E-state index contributed by atoms with van der Waals surface area (Å²) < 4.78 is 26.7. The Morgan fingerprint density at radius 2 is 1.89 bits per heavy atom. The highest BCUT2D eigenvalue weighted by molar-refractivity contribution is 7.99. The molecule has 5 nitrogen and oxygen atoms in total. The summed E-state index contributed by atoms with van der Waals surface area (Å²) in [5.74, 6) is -2.55. The van der Waals surface area contributed by atoms with Gasteiger partial charge in [-0.3, -0.25) is 14.3 Å². The lowest BCUT2D eigenvalue weighted by Crippen LogP contribution is -2.30. The highest BCUT2D eigenvalue weighted by Gasteiger charge is 2.12. The van der Waals surface area contributed by atoms with E-state index in [4.69, 9.17) is 0 Å². The molecule has 9 heteroatoms. The highest BCUT2D eigenvalue weighted by atomic mass is 32.2. The molecule has 0 amide bonds. The molecule has 0 spiro atoms. The van der Waals surface area contributed by atoms with Crippen molar-refractivity contribution in [1.29, 1.82) is 10.5 Å². The normalized spacial score (nSPS) is 11.2. The molecule has 0 aliphatic heterocycles. The zero-order chi connectivity index (χ0) is 20.1. The molecular weight excluding hydrogens is 402 g/mol. The van der Waals surface area contributed by atoms with Gasteiger partial charge in [-0.05, 0) is 42.5 Å².